The highest BCUT2D eigenvalue weighted by molar-refractivity contribution is 7.98. The van der Waals surface area contributed by atoms with Gasteiger partial charge in [-0.25, -0.2) is 9.78 Å². The second-order valence-electron chi connectivity index (χ2n) is 4.49. The number of pyridine rings is 1. The quantitative estimate of drug-likeness (QED) is 0.649. The molecule has 0 radical (unpaired) electrons. The number of hydrogen-bond donors (Lipinski definition) is 1. The van der Waals surface area contributed by atoms with Crippen molar-refractivity contribution in [2.45, 2.75) is 5.03 Å². The number of aromatic nitrogens is 1. The summed E-state index contributed by atoms with van der Waals surface area (Å²) in [6, 6.07) is 9.61. The Kier molecular flexibility index (Phi) is 6.18. The normalized spacial score (nSPS) is 9.88. The number of thioether (sulfide) groups is 1. The number of esters is 1. The minimum Gasteiger partial charge on any atom is -0.452 e. The number of nitriles is 1. The summed E-state index contributed by atoms with van der Waals surface area (Å²) in [6.07, 6.45) is 3.37. The van der Waals surface area contributed by atoms with Crippen molar-refractivity contribution in [1.29, 1.82) is 5.26 Å². The number of halogens is 1. The van der Waals surface area contributed by atoms with Gasteiger partial charge in [0.2, 0.25) is 0 Å². The minimum absolute atomic E-state index is 0.229. The summed E-state index contributed by atoms with van der Waals surface area (Å²) in [7, 11) is 0. The van der Waals surface area contributed by atoms with Crippen molar-refractivity contribution in [3.63, 3.8) is 0 Å². The average molecular weight is 362 g/mol. The lowest BCUT2D eigenvalue weighted by molar-refractivity contribution is -0.119. The van der Waals surface area contributed by atoms with Crippen LogP contribution in [0.25, 0.3) is 0 Å². The molecule has 8 heteroatoms. The smallest absolute Gasteiger partial charge is 0.341 e. The molecule has 1 aromatic carbocycles. The van der Waals surface area contributed by atoms with E-state index in [-0.39, 0.29) is 5.02 Å². The third-order valence-electron chi connectivity index (χ3n) is 2.89. The van der Waals surface area contributed by atoms with Crippen LogP contribution in [-0.2, 0) is 9.53 Å². The van der Waals surface area contributed by atoms with E-state index >= 15 is 0 Å². The Morgan fingerprint density at radius 1 is 1.42 bits per heavy atom. The van der Waals surface area contributed by atoms with Gasteiger partial charge in [0.1, 0.15) is 11.1 Å². The largest absolute Gasteiger partial charge is 0.452 e. The summed E-state index contributed by atoms with van der Waals surface area (Å²) in [5, 5.41) is 12.1. The molecule has 0 spiro atoms. The van der Waals surface area contributed by atoms with Gasteiger partial charge >= 0.3 is 5.97 Å². The Labute approximate surface area is 147 Å². The van der Waals surface area contributed by atoms with E-state index < -0.39 is 18.5 Å². The van der Waals surface area contributed by atoms with E-state index in [1.165, 1.54) is 30.0 Å². The summed E-state index contributed by atoms with van der Waals surface area (Å²) < 4.78 is 4.99. The number of nitrogens with one attached hydrogen (secondary N) is 1. The Bertz CT molecular complexity index is 820. The number of carbonyl (C=O) groups is 2. The molecule has 0 aliphatic carbocycles. The van der Waals surface area contributed by atoms with Gasteiger partial charge in [0.05, 0.1) is 16.1 Å². The van der Waals surface area contributed by atoms with E-state index in [1.54, 1.807) is 24.6 Å². The van der Waals surface area contributed by atoms with Gasteiger partial charge in [0.15, 0.2) is 6.61 Å². The van der Waals surface area contributed by atoms with E-state index in [1.807, 2.05) is 6.07 Å². The number of nitrogens with zero attached hydrogens (tertiary/aromatic N) is 2. The molecule has 0 fully saturated rings. The van der Waals surface area contributed by atoms with E-state index in [0.717, 1.165) is 0 Å². The third-order valence-corrected chi connectivity index (χ3v) is 3.92. The fourth-order valence-corrected chi connectivity index (χ4v) is 2.56. The lowest BCUT2D eigenvalue weighted by Crippen LogP contribution is -2.21. The maximum atomic E-state index is 12.0. The number of hydrogen-bond acceptors (Lipinski definition) is 6. The molecule has 24 heavy (non-hydrogen) atoms. The van der Waals surface area contributed by atoms with Gasteiger partial charge in [-0.05, 0) is 36.6 Å². The maximum absolute atomic E-state index is 12.0. The second kappa shape index (κ2) is 8.34. The van der Waals surface area contributed by atoms with Crippen LogP contribution in [0.5, 0.6) is 0 Å². The van der Waals surface area contributed by atoms with Crippen molar-refractivity contribution in [2.24, 2.45) is 0 Å². The van der Waals surface area contributed by atoms with Crippen LogP contribution in [-0.4, -0.2) is 29.7 Å². The first-order valence-electron chi connectivity index (χ1n) is 6.70. The SMILES string of the molecule is CSc1ncccc1C(=O)OCC(=O)Nc1ccc(C#N)c(Cl)c1. The zero-order chi connectivity index (χ0) is 17.5. The van der Waals surface area contributed by atoms with E-state index in [2.05, 4.69) is 10.3 Å². The summed E-state index contributed by atoms with van der Waals surface area (Å²) >= 11 is 7.20. The standard InChI is InChI=1S/C16H12ClN3O3S/c1-24-15-12(3-2-6-19-15)16(22)23-9-14(21)20-11-5-4-10(8-18)13(17)7-11/h2-7H,9H2,1H3,(H,20,21). The second-order valence-corrected chi connectivity index (χ2v) is 5.69. The van der Waals surface area contributed by atoms with E-state index in [0.29, 0.717) is 21.8 Å². The molecule has 0 aliphatic heterocycles. The zero-order valence-electron chi connectivity index (χ0n) is 12.6. The Morgan fingerprint density at radius 2 is 2.21 bits per heavy atom. The molecule has 122 valence electrons. The summed E-state index contributed by atoms with van der Waals surface area (Å²) in [5.74, 6) is -1.14. The highest BCUT2D eigenvalue weighted by Gasteiger charge is 2.15. The molecule has 0 saturated carbocycles. The Balaban J connectivity index is 1.95. The van der Waals surface area contributed by atoms with Crippen LogP contribution in [0.3, 0.4) is 0 Å². The number of benzene rings is 1. The molecule has 2 aromatic rings. The highest BCUT2D eigenvalue weighted by atomic mass is 35.5. The monoisotopic (exact) mass is 361 g/mol. The van der Waals surface area contributed by atoms with Gasteiger partial charge in [0.25, 0.3) is 5.91 Å². The average Bonchev–Trinajstić information content (AvgIpc) is 2.59. The van der Waals surface area contributed by atoms with Gasteiger partial charge in [-0.15, -0.1) is 11.8 Å². The molecule has 1 heterocycles. The van der Waals surface area contributed by atoms with Gasteiger partial charge < -0.3 is 10.1 Å². The lowest BCUT2D eigenvalue weighted by Gasteiger charge is -2.08. The third kappa shape index (κ3) is 4.47. The van der Waals surface area contributed by atoms with Gasteiger partial charge in [-0.1, -0.05) is 11.6 Å². The number of amides is 1. The molecule has 1 N–H and O–H groups in total. The minimum atomic E-state index is -0.625. The number of carbonyl (C=O) groups excluding carboxylic acids is 2. The lowest BCUT2D eigenvalue weighted by atomic mass is 10.2. The van der Waals surface area contributed by atoms with Crippen LogP contribution in [0.1, 0.15) is 15.9 Å². The highest BCUT2D eigenvalue weighted by Crippen LogP contribution is 2.20. The van der Waals surface area contributed by atoms with Crippen molar-refractivity contribution in [1.82, 2.24) is 4.98 Å². The first-order valence-corrected chi connectivity index (χ1v) is 8.31. The summed E-state index contributed by atoms with van der Waals surface area (Å²) in [4.78, 5) is 27.9. The maximum Gasteiger partial charge on any atom is 0.341 e. The molecule has 0 saturated heterocycles. The Morgan fingerprint density at radius 3 is 2.88 bits per heavy atom. The number of rotatable bonds is 5. The van der Waals surface area contributed by atoms with Crippen molar-refractivity contribution in [3.05, 3.63) is 52.7 Å². The van der Waals surface area contributed by atoms with Crippen molar-refractivity contribution >= 4 is 40.9 Å². The first-order chi connectivity index (χ1) is 11.5. The van der Waals surface area contributed by atoms with Crippen LogP contribution in [0.2, 0.25) is 5.02 Å². The fraction of sp³-hybridized carbons (Fsp3) is 0.125. The molecule has 1 aromatic heterocycles. The van der Waals surface area contributed by atoms with Gasteiger partial charge in [-0.3, -0.25) is 4.79 Å². The molecule has 0 aliphatic rings. The first kappa shape index (κ1) is 17.8. The molecule has 2 rings (SSSR count). The predicted octanol–water partition coefficient (Wildman–Crippen LogP) is 3.12. The number of anilines is 1. The van der Waals surface area contributed by atoms with Gasteiger partial charge in [0, 0.05) is 11.9 Å². The zero-order valence-corrected chi connectivity index (χ0v) is 14.1. The molecule has 0 atom stereocenters. The van der Waals surface area contributed by atoms with Crippen LogP contribution in [0.4, 0.5) is 5.69 Å². The molecular formula is C16H12ClN3O3S. The fourth-order valence-electron chi connectivity index (χ4n) is 1.80. The van der Waals surface area contributed by atoms with E-state index in [9.17, 15) is 9.59 Å². The summed E-state index contributed by atoms with van der Waals surface area (Å²) in [6.45, 7) is -0.445. The summed E-state index contributed by atoms with van der Waals surface area (Å²) in [5.41, 5.74) is 1.02. The van der Waals surface area contributed by atoms with Crippen molar-refractivity contribution in [3.8, 4) is 6.07 Å². The van der Waals surface area contributed by atoms with E-state index in [4.69, 9.17) is 21.6 Å². The van der Waals surface area contributed by atoms with Crippen molar-refractivity contribution < 1.29 is 14.3 Å². The molecule has 6 nitrogen and oxygen atoms in total. The van der Waals surface area contributed by atoms with Crippen LogP contribution < -0.4 is 5.32 Å². The van der Waals surface area contributed by atoms with Crippen molar-refractivity contribution in [2.75, 3.05) is 18.2 Å². The number of ether oxygens (including phenoxy) is 1. The van der Waals surface area contributed by atoms with Crippen LogP contribution in [0.15, 0.2) is 41.6 Å². The molecular weight excluding hydrogens is 350 g/mol. The van der Waals surface area contributed by atoms with Crippen LogP contribution >= 0.6 is 23.4 Å². The molecule has 0 bridgehead atoms. The topological polar surface area (TPSA) is 92.1 Å². The Hall–Kier alpha value is -2.56. The predicted molar refractivity (Wildman–Crippen MR) is 91.1 cm³/mol. The molecule has 1 amide bonds. The van der Waals surface area contributed by atoms with Crippen LogP contribution in [0, 0.1) is 11.3 Å². The molecule has 0 unspecified atom stereocenters. The van der Waals surface area contributed by atoms with Gasteiger partial charge in [-0.2, -0.15) is 5.26 Å².